The Balaban J connectivity index is 2.38. The Kier molecular flexibility index (Phi) is 6.22. The number of ether oxygens (including phenoxy) is 1. The molecule has 0 radical (unpaired) electrons. The molecule has 1 aromatic rings. The average molecular weight is 251 g/mol. The highest BCUT2D eigenvalue weighted by molar-refractivity contribution is 5.77. The second-order valence-corrected chi connectivity index (χ2v) is 4.27. The maximum atomic E-state index is 11.2. The highest BCUT2D eigenvalue weighted by Gasteiger charge is 2.02. The van der Waals surface area contributed by atoms with Gasteiger partial charge >= 0.3 is 0 Å². The third-order valence-electron chi connectivity index (χ3n) is 2.52. The van der Waals surface area contributed by atoms with Gasteiger partial charge in [0.25, 0.3) is 5.91 Å². The molecular formula is C14H21NO3. The number of aliphatic hydroxyl groups excluding tert-OH is 1. The van der Waals surface area contributed by atoms with Crippen LogP contribution >= 0.6 is 0 Å². The molecule has 0 aliphatic rings. The Morgan fingerprint density at radius 1 is 1.39 bits per heavy atom. The monoisotopic (exact) mass is 251 g/mol. The summed E-state index contributed by atoms with van der Waals surface area (Å²) in [6.45, 7) is 4.31. The quantitative estimate of drug-likeness (QED) is 0.772. The molecule has 0 fully saturated rings. The summed E-state index contributed by atoms with van der Waals surface area (Å²) in [6, 6.07) is 7.60. The number of carbonyl (C=O) groups excluding carboxylic acids is 1. The number of amides is 1. The van der Waals surface area contributed by atoms with Gasteiger partial charge in [0.1, 0.15) is 5.75 Å². The van der Waals surface area contributed by atoms with Crippen molar-refractivity contribution in [3.63, 3.8) is 0 Å². The molecule has 4 heteroatoms. The first-order valence-corrected chi connectivity index (χ1v) is 6.28. The lowest BCUT2D eigenvalue weighted by atomic mass is 10.1. The number of rotatable bonds is 7. The molecule has 18 heavy (non-hydrogen) atoms. The number of aryl methyl sites for hydroxylation is 1. The normalized spacial score (nSPS) is 11.9. The summed E-state index contributed by atoms with van der Waals surface area (Å²) in [5, 5.41) is 11.9. The van der Waals surface area contributed by atoms with E-state index >= 15 is 0 Å². The number of aliphatic hydroxyl groups is 1. The highest BCUT2D eigenvalue weighted by Crippen LogP contribution is 2.13. The van der Waals surface area contributed by atoms with Crippen molar-refractivity contribution in [2.45, 2.75) is 32.8 Å². The Morgan fingerprint density at radius 2 is 2.06 bits per heavy atom. The molecule has 1 atom stereocenters. The van der Waals surface area contributed by atoms with Crippen LogP contribution in [0.5, 0.6) is 5.75 Å². The largest absolute Gasteiger partial charge is 0.484 e. The van der Waals surface area contributed by atoms with Crippen molar-refractivity contribution in [1.29, 1.82) is 0 Å². The van der Waals surface area contributed by atoms with Crippen molar-refractivity contribution in [3.8, 4) is 5.75 Å². The van der Waals surface area contributed by atoms with Crippen LogP contribution in [0.4, 0.5) is 0 Å². The highest BCUT2D eigenvalue weighted by atomic mass is 16.5. The molecule has 1 rings (SSSR count). The maximum absolute atomic E-state index is 11.2. The molecule has 1 unspecified atom stereocenters. The lowest BCUT2D eigenvalue weighted by Gasteiger charge is -2.08. The van der Waals surface area contributed by atoms with Crippen LogP contribution < -0.4 is 10.1 Å². The van der Waals surface area contributed by atoms with E-state index in [-0.39, 0.29) is 18.6 Å². The minimum atomic E-state index is -0.279. The van der Waals surface area contributed by atoms with Crippen molar-refractivity contribution in [1.82, 2.24) is 5.32 Å². The van der Waals surface area contributed by atoms with E-state index < -0.39 is 0 Å². The summed E-state index contributed by atoms with van der Waals surface area (Å²) in [5.74, 6) is 0.567. The Bertz CT molecular complexity index is 360. The van der Waals surface area contributed by atoms with Gasteiger partial charge in [-0.05, 0) is 44.4 Å². The number of nitrogens with one attached hydrogen (secondary N) is 1. The molecule has 0 aliphatic heterocycles. The van der Waals surface area contributed by atoms with E-state index in [1.807, 2.05) is 31.2 Å². The summed E-state index contributed by atoms with van der Waals surface area (Å²) < 4.78 is 5.34. The molecule has 0 aliphatic carbocycles. The first-order chi connectivity index (χ1) is 8.61. The van der Waals surface area contributed by atoms with Gasteiger partial charge in [-0.15, -0.1) is 0 Å². The van der Waals surface area contributed by atoms with E-state index in [0.717, 1.165) is 18.4 Å². The third-order valence-corrected chi connectivity index (χ3v) is 2.52. The van der Waals surface area contributed by atoms with Gasteiger partial charge < -0.3 is 15.2 Å². The summed E-state index contributed by atoms with van der Waals surface area (Å²) >= 11 is 0. The molecule has 100 valence electrons. The van der Waals surface area contributed by atoms with E-state index in [1.54, 1.807) is 6.92 Å². The Morgan fingerprint density at radius 3 is 2.61 bits per heavy atom. The van der Waals surface area contributed by atoms with E-state index in [0.29, 0.717) is 12.3 Å². The van der Waals surface area contributed by atoms with Crippen molar-refractivity contribution in [2.24, 2.45) is 0 Å². The molecule has 1 amide bonds. The second-order valence-electron chi connectivity index (χ2n) is 4.27. The minimum Gasteiger partial charge on any atom is -0.484 e. The zero-order chi connectivity index (χ0) is 13.4. The van der Waals surface area contributed by atoms with Crippen LogP contribution in [-0.4, -0.2) is 30.3 Å². The predicted octanol–water partition coefficient (Wildman–Crippen LogP) is 1.51. The predicted molar refractivity (Wildman–Crippen MR) is 70.6 cm³/mol. The average Bonchev–Trinajstić information content (AvgIpc) is 2.35. The van der Waals surface area contributed by atoms with Crippen LogP contribution in [0.15, 0.2) is 24.3 Å². The van der Waals surface area contributed by atoms with Gasteiger partial charge in [0, 0.05) is 6.54 Å². The second kappa shape index (κ2) is 7.71. The molecule has 0 saturated carbocycles. The van der Waals surface area contributed by atoms with Crippen molar-refractivity contribution < 1.29 is 14.6 Å². The topological polar surface area (TPSA) is 58.6 Å². The third kappa shape index (κ3) is 5.68. The number of likely N-dealkylation sites (N-methyl/N-ethyl adjacent to an activating group) is 1. The number of hydrogen-bond acceptors (Lipinski definition) is 3. The van der Waals surface area contributed by atoms with E-state index in [1.165, 1.54) is 0 Å². The molecule has 0 bridgehead atoms. The fourth-order valence-electron chi connectivity index (χ4n) is 1.52. The summed E-state index contributed by atoms with van der Waals surface area (Å²) in [6.07, 6.45) is 1.31. The molecule has 0 spiro atoms. The first kappa shape index (κ1) is 14.5. The standard InChI is InChI=1S/C14H21NO3/c1-3-15-14(17)10-18-13-8-6-12(7-9-13)5-4-11(2)16/h6-9,11,16H,3-5,10H2,1-2H3,(H,15,17). The molecule has 0 aromatic heterocycles. The van der Waals surface area contributed by atoms with Gasteiger partial charge in [0.2, 0.25) is 0 Å². The van der Waals surface area contributed by atoms with E-state index in [9.17, 15) is 9.90 Å². The van der Waals surface area contributed by atoms with Gasteiger partial charge in [-0.1, -0.05) is 12.1 Å². The van der Waals surface area contributed by atoms with Crippen LogP contribution in [0.3, 0.4) is 0 Å². The lowest BCUT2D eigenvalue weighted by molar-refractivity contribution is -0.122. The van der Waals surface area contributed by atoms with Gasteiger partial charge in [-0.2, -0.15) is 0 Å². The van der Waals surface area contributed by atoms with Crippen LogP contribution in [0, 0.1) is 0 Å². The number of hydrogen-bond donors (Lipinski definition) is 2. The molecule has 1 aromatic carbocycles. The zero-order valence-corrected chi connectivity index (χ0v) is 11.0. The van der Waals surface area contributed by atoms with Gasteiger partial charge in [-0.3, -0.25) is 4.79 Å². The summed E-state index contributed by atoms with van der Waals surface area (Å²) in [4.78, 5) is 11.2. The van der Waals surface area contributed by atoms with Gasteiger partial charge in [0.15, 0.2) is 6.61 Å². The zero-order valence-electron chi connectivity index (χ0n) is 11.0. The molecule has 2 N–H and O–H groups in total. The maximum Gasteiger partial charge on any atom is 0.257 e. The molecular weight excluding hydrogens is 230 g/mol. The van der Waals surface area contributed by atoms with Crippen molar-refractivity contribution in [3.05, 3.63) is 29.8 Å². The van der Waals surface area contributed by atoms with Crippen LogP contribution in [0.25, 0.3) is 0 Å². The Hall–Kier alpha value is -1.55. The van der Waals surface area contributed by atoms with E-state index in [4.69, 9.17) is 4.74 Å². The van der Waals surface area contributed by atoms with Gasteiger partial charge in [0.05, 0.1) is 6.10 Å². The minimum absolute atomic E-state index is 0.0425. The summed E-state index contributed by atoms with van der Waals surface area (Å²) in [5.41, 5.74) is 1.15. The van der Waals surface area contributed by atoms with Crippen LogP contribution in [0.1, 0.15) is 25.8 Å². The molecule has 0 heterocycles. The van der Waals surface area contributed by atoms with Crippen LogP contribution in [-0.2, 0) is 11.2 Å². The van der Waals surface area contributed by atoms with Crippen molar-refractivity contribution >= 4 is 5.91 Å². The number of carbonyl (C=O) groups is 1. The first-order valence-electron chi connectivity index (χ1n) is 6.28. The lowest BCUT2D eigenvalue weighted by Crippen LogP contribution is -2.28. The summed E-state index contributed by atoms with van der Waals surface area (Å²) in [7, 11) is 0. The fourth-order valence-corrected chi connectivity index (χ4v) is 1.52. The van der Waals surface area contributed by atoms with Crippen LogP contribution in [0.2, 0.25) is 0 Å². The Labute approximate surface area is 108 Å². The number of benzene rings is 1. The fraction of sp³-hybridized carbons (Fsp3) is 0.500. The SMILES string of the molecule is CCNC(=O)COc1ccc(CCC(C)O)cc1. The molecule has 4 nitrogen and oxygen atoms in total. The van der Waals surface area contributed by atoms with Crippen molar-refractivity contribution in [2.75, 3.05) is 13.2 Å². The van der Waals surface area contributed by atoms with E-state index in [2.05, 4.69) is 5.32 Å². The van der Waals surface area contributed by atoms with Gasteiger partial charge in [-0.25, -0.2) is 0 Å². The molecule has 0 saturated heterocycles. The smallest absolute Gasteiger partial charge is 0.257 e.